The number of nitrogens with one attached hydrogen (secondary N) is 1. The van der Waals surface area contributed by atoms with Crippen LogP contribution in [0, 0.1) is 11.8 Å². The van der Waals surface area contributed by atoms with Crippen LogP contribution < -0.4 is 15.1 Å². The Morgan fingerprint density at radius 2 is 1.85 bits per heavy atom. The predicted molar refractivity (Wildman–Crippen MR) is 84.8 cm³/mol. The molecule has 0 spiro atoms. The van der Waals surface area contributed by atoms with Crippen LogP contribution in [0.4, 0.5) is 11.4 Å². The zero-order valence-corrected chi connectivity index (χ0v) is 12.8. The summed E-state index contributed by atoms with van der Waals surface area (Å²) in [4.78, 5) is 16.9. The highest BCUT2D eigenvalue weighted by atomic mass is 35.5. The summed E-state index contributed by atoms with van der Waals surface area (Å²) in [5, 5.41) is 3.18. The minimum atomic E-state index is 0. The number of rotatable bonds is 1. The Morgan fingerprint density at radius 3 is 2.45 bits per heavy atom. The summed E-state index contributed by atoms with van der Waals surface area (Å²) in [6.07, 6.45) is 0. The fourth-order valence-electron chi connectivity index (χ4n) is 2.94. The molecule has 2 heterocycles. The first-order valence-electron chi connectivity index (χ1n) is 6.99. The lowest BCUT2D eigenvalue weighted by molar-refractivity contribution is -0.123. The van der Waals surface area contributed by atoms with Gasteiger partial charge < -0.3 is 15.1 Å². The summed E-state index contributed by atoms with van der Waals surface area (Å²) in [7, 11) is 2.11. The normalized spacial score (nSPS) is 22.4. The van der Waals surface area contributed by atoms with Crippen molar-refractivity contribution in [2.75, 3.05) is 43.0 Å². The lowest BCUT2D eigenvalue weighted by atomic mass is 10.0. The molecule has 110 valence electrons. The molecule has 0 saturated carbocycles. The van der Waals surface area contributed by atoms with Gasteiger partial charge in [-0.1, -0.05) is 19.1 Å². The van der Waals surface area contributed by atoms with Gasteiger partial charge in [0, 0.05) is 33.2 Å². The Morgan fingerprint density at radius 1 is 1.20 bits per heavy atom. The van der Waals surface area contributed by atoms with Crippen LogP contribution in [0.3, 0.4) is 0 Å². The second-order valence-corrected chi connectivity index (χ2v) is 5.78. The van der Waals surface area contributed by atoms with E-state index in [0.29, 0.717) is 5.92 Å². The van der Waals surface area contributed by atoms with Gasteiger partial charge in [-0.15, -0.1) is 12.4 Å². The van der Waals surface area contributed by atoms with Crippen LogP contribution in [-0.4, -0.2) is 39.1 Å². The van der Waals surface area contributed by atoms with Gasteiger partial charge >= 0.3 is 0 Å². The molecule has 1 atom stereocenters. The molecular formula is C15H22ClN3O. The summed E-state index contributed by atoms with van der Waals surface area (Å²) in [5.41, 5.74) is 2.22. The van der Waals surface area contributed by atoms with Crippen molar-refractivity contribution in [3.8, 4) is 0 Å². The van der Waals surface area contributed by atoms with E-state index in [1.54, 1.807) is 0 Å². The van der Waals surface area contributed by atoms with Crippen molar-refractivity contribution in [1.82, 2.24) is 5.32 Å². The number of benzene rings is 1. The molecule has 5 heteroatoms. The Kier molecular flexibility index (Phi) is 4.55. The van der Waals surface area contributed by atoms with Crippen LogP contribution in [0.2, 0.25) is 0 Å². The van der Waals surface area contributed by atoms with Crippen LogP contribution in [0.1, 0.15) is 6.92 Å². The van der Waals surface area contributed by atoms with Crippen molar-refractivity contribution < 1.29 is 4.79 Å². The molecule has 1 amide bonds. The van der Waals surface area contributed by atoms with Crippen LogP contribution in [-0.2, 0) is 4.79 Å². The molecule has 1 saturated heterocycles. The third-order valence-corrected chi connectivity index (χ3v) is 4.06. The Hall–Kier alpha value is -1.26. The Bertz CT molecular complexity index is 490. The van der Waals surface area contributed by atoms with E-state index in [1.165, 1.54) is 0 Å². The summed E-state index contributed by atoms with van der Waals surface area (Å²) >= 11 is 0. The minimum absolute atomic E-state index is 0. The number of halogens is 1. The molecule has 1 unspecified atom stereocenters. The molecule has 0 aliphatic carbocycles. The monoisotopic (exact) mass is 295 g/mol. The summed E-state index contributed by atoms with van der Waals surface area (Å²) in [6.45, 7) is 5.66. The minimum Gasteiger partial charge on any atom is -0.373 e. The fourth-order valence-corrected chi connectivity index (χ4v) is 2.94. The molecule has 4 nitrogen and oxygen atoms in total. The quantitative estimate of drug-likeness (QED) is 0.857. The van der Waals surface area contributed by atoms with Crippen molar-refractivity contribution in [3.05, 3.63) is 24.3 Å². The van der Waals surface area contributed by atoms with E-state index in [1.807, 2.05) is 17.0 Å². The van der Waals surface area contributed by atoms with Gasteiger partial charge in [0.05, 0.1) is 17.3 Å². The van der Waals surface area contributed by atoms with E-state index < -0.39 is 0 Å². The SMILES string of the molecule is CC1CN(C)c2ccccc2N(C(=O)C2CNC2)C1.Cl. The first kappa shape index (κ1) is 15.1. The zero-order valence-electron chi connectivity index (χ0n) is 12.0. The molecular weight excluding hydrogens is 274 g/mol. The average Bonchev–Trinajstić information content (AvgIpc) is 2.45. The van der Waals surface area contributed by atoms with Gasteiger partial charge in [-0.2, -0.15) is 0 Å². The maximum atomic E-state index is 12.6. The van der Waals surface area contributed by atoms with Crippen LogP contribution in [0.25, 0.3) is 0 Å². The maximum Gasteiger partial charge on any atom is 0.232 e. The number of hydrogen-bond acceptors (Lipinski definition) is 3. The smallest absolute Gasteiger partial charge is 0.232 e. The first-order valence-corrected chi connectivity index (χ1v) is 6.99. The number of carbonyl (C=O) groups is 1. The highest BCUT2D eigenvalue weighted by Gasteiger charge is 2.33. The summed E-state index contributed by atoms with van der Waals surface area (Å²) < 4.78 is 0. The van der Waals surface area contributed by atoms with Crippen molar-refractivity contribution in [1.29, 1.82) is 0 Å². The number of nitrogens with zero attached hydrogens (tertiary/aromatic N) is 2. The van der Waals surface area contributed by atoms with Gasteiger partial charge in [0.1, 0.15) is 0 Å². The molecule has 2 aliphatic rings. The van der Waals surface area contributed by atoms with E-state index in [9.17, 15) is 4.79 Å². The second-order valence-electron chi connectivity index (χ2n) is 5.78. The molecule has 1 N–H and O–H groups in total. The van der Waals surface area contributed by atoms with E-state index >= 15 is 0 Å². The van der Waals surface area contributed by atoms with Crippen LogP contribution in [0.15, 0.2) is 24.3 Å². The van der Waals surface area contributed by atoms with Crippen molar-refractivity contribution in [3.63, 3.8) is 0 Å². The molecule has 0 bridgehead atoms. The second kappa shape index (κ2) is 6.02. The maximum absolute atomic E-state index is 12.6. The molecule has 20 heavy (non-hydrogen) atoms. The number of anilines is 2. The van der Waals surface area contributed by atoms with Gasteiger partial charge in [-0.05, 0) is 18.1 Å². The molecule has 2 aliphatic heterocycles. The predicted octanol–water partition coefficient (Wildman–Crippen LogP) is 1.75. The Balaban J connectivity index is 0.00000147. The van der Waals surface area contributed by atoms with E-state index in [4.69, 9.17) is 0 Å². The van der Waals surface area contributed by atoms with E-state index in [-0.39, 0.29) is 24.2 Å². The standard InChI is InChI=1S/C15H21N3O.ClH/c1-11-9-17(2)13-5-3-4-6-14(13)18(10-11)15(19)12-7-16-8-12;/h3-6,11-12,16H,7-10H2,1-2H3;1H. The Labute approximate surface area is 126 Å². The zero-order chi connectivity index (χ0) is 13.4. The van der Waals surface area contributed by atoms with E-state index in [2.05, 4.69) is 36.3 Å². The largest absolute Gasteiger partial charge is 0.373 e. The average molecular weight is 296 g/mol. The van der Waals surface area contributed by atoms with E-state index in [0.717, 1.165) is 37.6 Å². The topological polar surface area (TPSA) is 35.6 Å². The molecule has 0 aromatic heterocycles. The van der Waals surface area contributed by atoms with Crippen molar-refractivity contribution in [2.45, 2.75) is 6.92 Å². The fraction of sp³-hybridized carbons (Fsp3) is 0.533. The third-order valence-electron chi connectivity index (χ3n) is 4.06. The molecule has 0 radical (unpaired) electrons. The summed E-state index contributed by atoms with van der Waals surface area (Å²) in [5.74, 6) is 0.909. The highest BCUT2D eigenvalue weighted by Crippen LogP contribution is 2.33. The van der Waals surface area contributed by atoms with Gasteiger partial charge in [0.25, 0.3) is 0 Å². The lowest BCUT2D eigenvalue weighted by Crippen LogP contribution is -2.52. The van der Waals surface area contributed by atoms with Crippen molar-refractivity contribution in [2.24, 2.45) is 11.8 Å². The molecule has 3 rings (SSSR count). The number of para-hydroxylation sites is 2. The van der Waals surface area contributed by atoms with Gasteiger partial charge in [-0.3, -0.25) is 4.79 Å². The lowest BCUT2D eigenvalue weighted by Gasteiger charge is -2.33. The highest BCUT2D eigenvalue weighted by molar-refractivity contribution is 5.99. The third kappa shape index (κ3) is 2.63. The molecule has 1 aromatic carbocycles. The first-order chi connectivity index (χ1) is 9.16. The summed E-state index contributed by atoms with van der Waals surface area (Å²) in [6, 6.07) is 8.22. The van der Waals surface area contributed by atoms with Gasteiger partial charge in [0.15, 0.2) is 0 Å². The number of amides is 1. The van der Waals surface area contributed by atoms with Crippen LogP contribution in [0.5, 0.6) is 0 Å². The number of fused-ring (bicyclic) bond motifs is 1. The number of carbonyl (C=O) groups excluding carboxylic acids is 1. The molecule has 1 fully saturated rings. The molecule has 1 aromatic rings. The van der Waals surface area contributed by atoms with Crippen LogP contribution >= 0.6 is 12.4 Å². The van der Waals surface area contributed by atoms with Gasteiger partial charge in [-0.25, -0.2) is 0 Å². The van der Waals surface area contributed by atoms with Gasteiger partial charge in [0.2, 0.25) is 5.91 Å². The van der Waals surface area contributed by atoms with Crippen molar-refractivity contribution >= 4 is 29.7 Å². The number of hydrogen-bond donors (Lipinski definition) is 1.